The van der Waals surface area contributed by atoms with Crippen molar-refractivity contribution in [3.05, 3.63) is 65.6 Å². The summed E-state index contributed by atoms with van der Waals surface area (Å²) in [4.78, 5) is 4.74. The van der Waals surface area contributed by atoms with E-state index in [2.05, 4.69) is 61.4 Å². The monoisotopic (exact) mass is 360 g/mol. The Bertz CT molecular complexity index is 1130. The first kappa shape index (κ1) is 17.5. The van der Waals surface area contributed by atoms with E-state index in [1.807, 2.05) is 17.8 Å². The fraction of sp³-hybridized carbons (Fsp3) is 0.273. The highest BCUT2D eigenvalue weighted by molar-refractivity contribution is 5.72. The van der Waals surface area contributed by atoms with Crippen molar-refractivity contribution in [1.29, 1.82) is 0 Å². The predicted octanol–water partition coefficient (Wildman–Crippen LogP) is 4.25. The third kappa shape index (κ3) is 3.04. The summed E-state index contributed by atoms with van der Waals surface area (Å²) in [5.74, 6) is 1.30. The topological polar surface area (TPSA) is 55.4 Å². The van der Waals surface area contributed by atoms with Crippen molar-refractivity contribution in [2.75, 3.05) is 0 Å². The molecule has 4 rings (SSSR count). The molecule has 2 aromatic heterocycles. The quantitative estimate of drug-likeness (QED) is 0.594. The lowest BCUT2D eigenvalue weighted by Gasteiger charge is -2.15. The average molecular weight is 360 g/mol. The molecule has 27 heavy (non-hydrogen) atoms. The molecule has 0 spiro atoms. The minimum atomic E-state index is -1.01. The van der Waals surface area contributed by atoms with Crippen molar-refractivity contribution in [3.63, 3.8) is 0 Å². The minimum Gasteiger partial charge on any atom is -0.382 e. The Morgan fingerprint density at radius 1 is 0.963 bits per heavy atom. The average Bonchev–Trinajstić information content (AvgIpc) is 3.15. The third-order valence-electron chi connectivity index (χ3n) is 4.92. The largest absolute Gasteiger partial charge is 0.382 e. The summed E-state index contributed by atoms with van der Waals surface area (Å²) in [6.07, 6.45) is 1.92. The smallest absolute Gasteiger partial charge is 0.232 e. The Morgan fingerprint density at radius 3 is 2.22 bits per heavy atom. The number of hydrogen-bond acceptors (Lipinski definition) is 3. The first-order valence-corrected chi connectivity index (χ1v) is 9.07. The van der Waals surface area contributed by atoms with Crippen LogP contribution >= 0.6 is 0 Å². The Balaban J connectivity index is 1.74. The maximum Gasteiger partial charge on any atom is 0.232 e. The van der Waals surface area contributed by atoms with Gasteiger partial charge in [-0.3, -0.25) is 4.57 Å². The van der Waals surface area contributed by atoms with Gasteiger partial charge in [-0.25, -0.2) is 9.50 Å². The van der Waals surface area contributed by atoms with Crippen molar-refractivity contribution in [2.24, 2.45) is 7.05 Å². The molecular weight excluding hydrogens is 336 g/mol. The molecule has 0 radical (unpaired) electrons. The number of aryl methyl sites for hydroxylation is 3. The van der Waals surface area contributed by atoms with Crippen molar-refractivity contribution in [2.45, 2.75) is 33.3 Å². The van der Waals surface area contributed by atoms with Crippen LogP contribution in [-0.4, -0.2) is 24.3 Å². The zero-order valence-corrected chi connectivity index (χ0v) is 16.4. The van der Waals surface area contributed by atoms with E-state index >= 15 is 0 Å². The molecule has 0 amide bonds. The van der Waals surface area contributed by atoms with Crippen LogP contribution in [0.25, 0.3) is 28.2 Å². The van der Waals surface area contributed by atoms with Crippen molar-refractivity contribution < 1.29 is 5.11 Å². The Kier molecular flexibility index (Phi) is 3.93. The number of imidazole rings is 1. The molecule has 0 aliphatic rings. The second kappa shape index (κ2) is 6.06. The van der Waals surface area contributed by atoms with Gasteiger partial charge >= 0.3 is 0 Å². The van der Waals surface area contributed by atoms with E-state index in [1.54, 1.807) is 18.4 Å². The molecule has 2 heterocycles. The van der Waals surface area contributed by atoms with Gasteiger partial charge in [0.1, 0.15) is 5.60 Å². The number of benzene rings is 2. The van der Waals surface area contributed by atoms with Crippen LogP contribution in [0.1, 0.15) is 30.8 Å². The molecule has 5 heteroatoms. The summed E-state index contributed by atoms with van der Waals surface area (Å²) in [7, 11) is 1.87. The Morgan fingerprint density at radius 2 is 1.63 bits per heavy atom. The van der Waals surface area contributed by atoms with Gasteiger partial charge in [-0.1, -0.05) is 48.0 Å². The van der Waals surface area contributed by atoms with Crippen molar-refractivity contribution in [1.82, 2.24) is 19.2 Å². The first-order chi connectivity index (χ1) is 12.7. The van der Waals surface area contributed by atoms with Gasteiger partial charge in [0.2, 0.25) is 5.78 Å². The van der Waals surface area contributed by atoms with Crippen LogP contribution in [0.4, 0.5) is 0 Å². The number of fused-ring (bicyclic) bond motifs is 1. The SMILES string of the molecule is Cc1ccc(-c2ccc(-c3cn4nc(C(C)(C)O)n(C)c4n3)c(C)c2)cc1. The molecule has 0 aliphatic carbocycles. The Labute approximate surface area is 158 Å². The molecule has 0 fully saturated rings. The minimum absolute atomic E-state index is 0.586. The zero-order valence-electron chi connectivity index (χ0n) is 16.4. The summed E-state index contributed by atoms with van der Waals surface area (Å²) in [5.41, 5.74) is 5.78. The summed E-state index contributed by atoms with van der Waals surface area (Å²) < 4.78 is 3.56. The molecule has 0 saturated carbocycles. The zero-order chi connectivity index (χ0) is 19.3. The molecule has 0 aliphatic heterocycles. The van der Waals surface area contributed by atoms with Gasteiger partial charge < -0.3 is 5.11 Å². The fourth-order valence-electron chi connectivity index (χ4n) is 3.47. The highest BCUT2D eigenvalue weighted by Gasteiger charge is 2.25. The van der Waals surface area contributed by atoms with E-state index in [4.69, 9.17) is 4.98 Å². The van der Waals surface area contributed by atoms with Crippen LogP contribution in [-0.2, 0) is 12.6 Å². The highest BCUT2D eigenvalue weighted by Crippen LogP contribution is 2.29. The van der Waals surface area contributed by atoms with E-state index in [0.29, 0.717) is 11.6 Å². The van der Waals surface area contributed by atoms with Crippen LogP contribution in [0.3, 0.4) is 0 Å². The number of aromatic nitrogens is 4. The van der Waals surface area contributed by atoms with Gasteiger partial charge in [0, 0.05) is 12.6 Å². The van der Waals surface area contributed by atoms with Crippen LogP contribution in [0, 0.1) is 13.8 Å². The molecular formula is C22H24N4O. The highest BCUT2D eigenvalue weighted by atomic mass is 16.3. The second-order valence-electron chi connectivity index (χ2n) is 7.71. The molecule has 0 saturated heterocycles. The molecule has 1 N–H and O–H groups in total. The lowest BCUT2D eigenvalue weighted by atomic mass is 9.98. The molecule has 2 aromatic carbocycles. The normalized spacial score (nSPS) is 12.1. The standard InChI is InChI=1S/C22H24N4O/c1-14-6-8-16(9-7-14)17-10-11-18(15(2)12-17)19-13-26-21(23-19)25(5)20(24-26)22(3,4)27/h6-13,27H,1-5H3. The summed E-state index contributed by atoms with van der Waals surface area (Å²) in [6, 6.07) is 15.0. The second-order valence-corrected chi connectivity index (χ2v) is 7.71. The van der Waals surface area contributed by atoms with E-state index in [9.17, 15) is 5.11 Å². The molecule has 0 unspecified atom stereocenters. The molecule has 4 aromatic rings. The number of nitrogens with zero attached hydrogens (tertiary/aromatic N) is 4. The molecule has 0 bridgehead atoms. The number of hydrogen-bond donors (Lipinski definition) is 1. The third-order valence-corrected chi connectivity index (χ3v) is 4.92. The van der Waals surface area contributed by atoms with Crippen LogP contribution in [0.2, 0.25) is 0 Å². The van der Waals surface area contributed by atoms with Gasteiger partial charge in [-0.05, 0) is 44.4 Å². The van der Waals surface area contributed by atoms with Gasteiger partial charge in [-0.15, -0.1) is 5.10 Å². The lowest BCUT2D eigenvalue weighted by Crippen LogP contribution is -2.21. The maximum absolute atomic E-state index is 10.3. The maximum atomic E-state index is 10.3. The van der Waals surface area contributed by atoms with E-state index < -0.39 is 5.60 Å². The predicted molar refractivity (Wildman–Crippen MR) is 108 cm³/mol. The van der Waals surface area contributed by atoms with E-state index in [0.717, 1.165) is 11.3 Å². The fourth-order valence-corrected chi connectivity index (χ4v) is 3.47. The van der Waals surface area contributed by atoms with E-state index in [-0.39, 0.29) is 0 Å². The Hall–Kier alpha value is -2.92. The van der Waals surface area contributed by atoms with Crippen LogP contribution < -0.4 is 0 Å². The first-order valence-electron chi connectivity index (χ1n) is 9.07. The molecule has 0 atom stereocenters. The molecule has 138 valence electrons. The number of rotatable bonds is 3. The van der Waals surface area contributed by atoms with Gasteiger partial charge in [-0.2, -0.15) is 0 Å². The van der Waals surface area contributed by atoms with Crippen LogP contribution in [0.15, 0.2) is 48.7 Å². The van der Waals surface area contributed by atoms with Gasteiger partial charge in [0.15, 0.2) is 5.82 Å². The van der Waals surface area contributed by atoms with Gasteiger partial charge in [0.05, 0.1) is 11.9 Å². The van der Waals surface area contributed by atoms with Crippen LogP contribution in [0.5, 0.6) is 0 Å². The van der Waals surface area contributed by atoms with E-state index in [1.165, 1.54) is 22.3 Å². The van der Waals surface area contributed by atoms with Crippen molar-refractivity contribution in [3.8, 4) is 22.4 Å². The summed E-state index contributed by atoms with van der Waals surface area (Å²) in [6.45, 7) is 7.65. The summed E-state index contributed by atoms with van der Waals surface area (Å²) in [5, 5.41) is 14.8. The summed E-state index contributed by atoms with van der Waals surface area (Å²) >= 11 is 0. The van der Waals surface area contributed by atoms with Crippen molar-refractivity contribution >= 4 is 5.78 Å². The lowest BCUT2D eigenvalue weighted by molar-refractivity contribution is 0.0654. The van der Waals surface area contributed by atoms with Gasteiger partial charge in [0.25, 0.3) is 0 Å². The molecule has 5 nitrogen and oxygen atoms in total. The number of aliphatic hydroxyl groups is 1.